The molecule has 0 fully saturated rings. The highest BCUT2D eigenvalue weighted by Gasteiger charge is 2.42. The molecule has 1 aromatic heterocycles. The van der Waals surface area contributed by atoms with Gasteiger partial charge in [-0.25, -0.2) is 4.79 Å². The van der Waals surface area contributed by atoms with E-state index in [9.17, 15) is 14.7 Å². The van der Waals surface area contributed by atoms with Crippen molar-refractivity contribution in [2.24, 2.45) is 0 Å². The highest BCUT2D eigenvalue weighted by Crippen LogP contribution is 2.35. The van der Waals surface area contributed by atoms with Crippen LogP contribution in [-0.2, 0) is 16.6 Å². The van der Waals surface area contributed by atoms with E-state index in [1.807, 2.05) is 74.5 Å². The largest absolute Gasteiger partial charge is 0.380 e. The SMILES string of the molecule is Cc1noc(=O)c2ccc(NC(=O)C(O)(Cc3ccccc3)CC(C)(C)c3ccccc3)cc12. The summed E-state index contributed by atoms with van der Waals surface area (Å²) in [5.41, 5.74) is 0.216. The van der Waals surface area contributed by atoms with Gasteiger partial charge in [-0.3, -0.25) is 4.79 Å². The number of rotatable bonds is 7. The molecule has 6 nitrogen and oxygen atoms in total. The van der Waals surface area contributed by atoms with Crippen LogP contribution in [0, 0.1) is 6.92 Å². The lowest BCUT2D eigenvalue weighted by molar-refractivity contribution is -0.136. The highest BCUT2D eigenvalue weighted by atomic mass is 16.5. The molecular formula is C28H28N2O4. The molecule has 174 valence electrons. The standard InChI is InChI=1S/C28H28N2O4/c1-19-24-16-22(14-15-23(24)25(31)34-30-19)29-26(32)28(33,17-20-10-6-4-7-11-20)18-27(2,3)21-12-8-5-9-13-21/h4-16,33H,17-18H2,1-3H3,(H,29,32). The second-order valence-electron chi connectivity index (χ2n) is 9.39. The average Bonchev–Trinajstić information content (AvgIpc) is 2.82. The lowest BCUT2D eigenvalue weighted by atomic mass is 9.73. The summed E-state index contributed by atoms with van der Waals surface area (Å²) in [7, 11) is 0. The molecule has 0 spiro atoms. The smallest absolute Gasteiger partial charge is 0.366 e. The molecule has 1 heterocycles. The third-order valence-corrected chi connectivity index (χ3v) is 6.20. The maximum atomic E-state index is 13.6. The molecule has 4 aromatic rings. The normalized spacial score (nSPS) is 13.4. The Morgan fingerprint density at radius 3 is 2.29 bits per heavy atom. The first-order valence-electron chi connectivity index (χ1n) is 11.2. The molecule has 0 aliphatic carbocycles. The molecule has 1 atom stereocenters. The predicted octanol–water partition coefficient (Wildman–Crippen LogP) is 4.78. The fraction of sp³-hybridized carbons (Fsp3) is 0.250. The van der Waals surface area contributed by atoms with Crippen LogP contribution >= 0.6 is 0 Å². The van der Waals surface area contributed by atoms with Gasteiger partial charge in [0.1, 0.15) is 5.60 Å². The van der Waals surface area contributed by atoms with Gasteiger partial charge in [-0.1, -0.05) is 79.7 Å². The number of benzene rings is 3. The van der Waals surface area contributed by atoms with Crippen LogP contribution in [0.2, 0.25) is 0 Å². The number of nitrogens with zero attached hydrogens (tertiary/aromatic N) is 1. The first-order chi connectivity index (χ1) is 16.2. The summed E-state index contributed by atoms with van der Waals surface area (Å²) in [5, 5.41) is 19.4. The number of hydrogen-bond acceptors (Lipinski definition) is 5. The molecule has 0 aliphatic rings. The number of nitrogens with one attached hydrogen (secondary N) is 1. The monoisotopic (exact) mass is 456 g/mol. The van der Waals surface area contributed by atoms with Gasteiger partial charge in [0, 0.05) is 17.5 Å². The molecule has 0 saturated heterocycles. The number of carbonyl (C=O) groups is 1. The Labute approximate surface area is 198 Å². The van der Waals surface area contributed by atoms with Crippen LogP contribution in [0.15, 0.2) is 88.2 Å². The predicted molar refractivity (Wildman–Crippen MR) is 133 cm³/mol. The van der Waals surface area contributed by atoms with E-state index in [4.69, 9.17) is 4.52 Å². The fourth-order valence-corrected chi connectivity index (χ4v) is 4.43. The number of fused-ring (bicyclic) bond motifs is 1. The molecule has 0 bridgehead atoms. The second-order valence-corrected chi connectivity index (χ2v) is 9.39. The van der Waals surface area contributed by atoms with Crippen molar-refractivity contribution in [3.63, 3.8) is 0 Å². The molecule has 0 aliphatic heterocycles. The number of aryl methyl sites for hydroxylation is 1. The Bertz CT molecular complexity index is 1360. The molecule has 34 heavy (non-hydrogen) atoms. The van der Waals surface area contributed by atoms with Crippen molar-refractivity contribution >= 4 is 22.4 Å². The number of carbonyl (C=O) groups excluding carboxylic acids is 1. The fourth-order valence-electron chi connectivity index (χ4n) is 4.43. The van der Waals surface area contributed by atoms with Crippen molar-refractivity contribution in [2.45, 2.75) is 44.6 Å². The van der Waals surface area contributed by atoms with Crippen molar-refractivity contribution in [3.8, 4) is 0 Å². The van der Waals surface area contributed by atoms with Crippen LogP contribution in [-0.4, -0.2) is 21.8 Å². The first kappa shape index (κ1) is 23.4. The zero-order chi connectivity index (χ0) is 24.3. The van der Waals surface area contributed by atoms with Gasteiger partial charge in [0.25, 0.3) is 5.91 Å². The number of hydrogen-bond donors (Lipinski definition) is 2. The summed E-state index contributed by atoms with van der Waals surface area (Å²) < 4.78 is 4.78. The minimum absolute atomic E-state index is 0.160. The molecular weight excluding hydrogens is 428 g/mol. The lowest BCUT2D eigenvalue weighted by Gasteiger charge is -2.36. The molecule has 3 aromatic carbocycles. The number of anilines is 1. The summed E-state index contributed by atoms with van der Waals surface area (Å²) >= 11 is 0. The maximum Gasteiger partial charge on any atom is 0.366 e. The van der Waals surface area contributed by atoms with Crippen LogP contribution in [0.25, 0.3) is 10.8 Å². The van der Waals surface area contributed by atoms with Gasteiger partial charge in [-0.05, 0) is 48.1 Å². The van der Waals surface area contributed by atoms with Gasteiger partial charge in [0.05, 0.1) is 11.1 Å². The van der Waals surface area contributed by atoms with E-state index in [0.717, 1.165) is 11.1 Å². The molecule has 1 unspecified atom stereocenters. The molecule has 1 amide bonds. The van der Waals surface area contributed by atoms with Crippen molar-refractivity contribution in [3.05, 3.63) is 106 Å². The van der Waals surface area contributed by atoms with Crippen LogP contribution < -0.4 is 10.9 Å². The van der Waals surface area contributed by atoms with E-state index in [0.29, 0.717) is 22.2 Å². The second kappa shape index (κ2) is 9.23. The van der Waals surface area contributed by atoms with Gasteiger partial charge < -0.3 is 14.9 Å². The summed E-state index contributed by atoms with van der Waals surface area (Å²) in [6.45, 7) is 5.77. The van der Waals surface area contributed by atoms with Crippen LogP contribution in [0.5, 0.6) is 0 Å². The first-order valence-corrected chi connectivity index (χ1v) is 11.2. The molecule has 0 radical (unpaired) electrons. The topological polar surface area (TPSA) is 92.4 Å². The molecule has 4 rings (SSSR count). The van der Waals surface area contributed by atoms with E-state index in [1.165, 1.54) is 0 Å². The van der Waals surface area contributed by atoms with Gasteiger partial charge in [-0.2, -0.15) is 0 Å². The zero-order valence-electron chi connectivity index (χ0n) is 19.5. The van der Waals surface area contributed by atoms with Crippen LogP contribution in [0.3, 0.4) is 0 Å². The van der Waals surface area contributed by atoms with Gasteiger partial charge in [-0.15, -0.1) is 0 Å². The maximum absolute atomic E-state index is 13.6. The highest BCUT2D eigenvalue weighted by molar-refractivity contribution is 5.99. The van der Waals surface area contributed by atoms with E-state index in [2.05, 4.69) is 10.5 Å². The van der Waals surface area contributed by atoms with E-state index in [-0.39, 0.29) is 12.8 Å². The molecule has 0 saturated carbocycles. The van der Waals surface area contributed by atoms with Gasteiger partial charge >= 0.3 is 5.63 Å². The molecule has 2 N–H and O–H groups in total. The van der Waals surface area contributed by atoms with Crippen LogP contribution in [0.1, 0.15) is 37.1 Å². The van der Waals surface area contributed by atoms with Crippen LogP contribution in [0.4, 0.5) is 5.69 Å². The van der Waals surface area contributed by atoms with Gasteiger partial charge in [0.15, 0.2) is 0 Å². The third-order valence-electron chi connectivity index (χ3n) is 6.20. The van der Waals surface area contributed by atoms with Crippen molar-refractivity contribution in [1.82, 2.24) is 5.16 Å². The van der Waals surface area contributed by atoms with Gasteiger partial charge in [0.2, 0.25) is 0 Å². The van der Waals surface area contributed by atoms with Crippen molar-refractivity contribution < 1.29 is 14.4 Å². The quantitative estimate of drug-likeness (QED) is 0.418. The van der Waals surface area contributed by atoms with Crippen molar-refractivity contribution in [1.29, 1.82) is 0 Å². The van der Waals surface area contributed by atoms with E-state index in [1.54, 1.807) is 25.1 Å². The molecule has 6 heteroatoms. The zero-order valence-corrected chi connectivity index (χ0v) is 19.5. The van der Waals surface area contributed by atoms with E-state index >= 15 is 0 Å². The Morgan fingerprint density at radius 2 is 1.62 bits per heavy atom. The minimum atomic E-state index is -1.68. The summed E-state index contributed by atoms with van der Waals surface area (Å²) in [4.78, 5) is 25.5. The Morgan fingerprint density at radius 1 is 0.971 bits per heavy atom. The Balaban J connectivity index is 1.68. The van der Waals surface area contributed by atoms with E-state index < -0.39 is 22.5 Å². The Hall–Kier alpha value is -3.77. The Kier molecular flexibility index (Phi) is 6.35. The summed E-state index contributed by atoms with van der Waals surface area (Å²) in [6, 6.07) is 24.2. The third kappa shape index (κ3) is 4.92. The lowest BCUT2D eigenvalue weighted by Crippen LogP contribution is -2.48. The number of aliphatic hydroxyl groups is 1. The van der Waals surface area contributed by atoms with Crippen molar-refractivity contribution in [2.75, 3.05) is 5.32 Å². The minimum Gasteiger partial charge on any atom is -0.380 e. The average molecular weight is 457 g/mol. The summed E-state index contributed by atoms with van der Waals surface area (Å²) in [6.07, 6.45) is 0.371. The number of amides is 1. The summed E-state index contributed by atoms with van der Waals surface area (Å²) in [5.74, 6) is -0.506. The number of aromatic nitrogens is 1.